The van der Waals surface area contributed by atoms with Crippen LogP contribution in [0.15, 0.2) is 0 Å². The standard InChI is InChI=1S/CH4O3S.Li.H/c2-1-5(3)4;;/h2H,1H2,(H,3,4);;/q;+1;-1. The van der Waals surface area contributed by atoms with Crippen molar-refractivity contribution in [2.24, 2.45) is 0 Å². The summed E-state index contributed by atoms with van der Waals surface area (Å²) in [7, 11) is 0. The predicted octanol–water partition coefficient (Wildman–Crippen LogP) is -3.73. The van der Waals surface area contributed by atoms with E-state index in [1.54, 1.807) is 0 Å². The van der Waals surface area contributed by atoms with E-state index in [9.17, 15) is 4.21 Å². The van der Waals surface area contributed by atoms with Crippen LogP contribution in [0.1, 0.15) is 1.43 Å². The minimum atomic E-state index is -2.02. The van der Waals surface area contributed by atoms with Gasteiger partial charge in [-0.05, 0) is 0 Å². The Labute approximate surface area is 51.7 Å². The molecule has 0 radical (unpaired) electrons. The predicted molar refractivity (Wildman–Crippen MR) is 19.0 cm³/mol. The Balaban J connectivity index is -0.0000000800. The summed E-state index contributed by atoms with van der Waals surface area (Å²) in [6.45, 7) is 0. The zero-order chi connectivity index (χ0) is 4.28. The van der Waals surface area contributed by atoms with Crippen molar-refractivity contribution in [1.29, 1.82) is 0 Å². The fourth-order valence-corrected chi connectivity index (χ4v) is 0. The van der Waals surface area contributed by atoms with Crippen molar-refractivity contribution in [3.05, 3.63) is 0 Å². The van der Waals surface area contributed by atoms with Gasteiger partial charge in [-0.1, -0.05) is 0 Å². The Bertz CT molecular complexity index is 50.2. The molecule has 0 aliphatic rings. The van der Waals surface area contributed by atoms with Gasteiger partial charge in [0.05, 0.1) is 0 Å². The maximum Gasteiger partial charge on any atom is 1.00 e. The van der Waals surface area contributed by atoms with E-state index in [1.165, 1.54) is 0 Å². The summed E-state index contributed by atoms with van der Waals surface area (Å²) < 4.78 is 16.8. The monoisotopic (exact) mass is 104 g/mol. The molecule has 2 N–H and O–H groups in total. The average Bonchev–Trinajstić information content (AvgIpc) is 1.38. The molecule has 0 saturated carbocycles. The molecule has 3 nitrogen and oxygen atoms in total. The first-order valence-electron chi connectivity index (χ1n) is 0.954. The van der Waals surface area contributed by atoms with Crippen molar-refractivity contribution in [1.82, 2.24) is 0 Å². The summed E-state index contributed by atoms with van der Waals surface area (Å²) in [5, 5.41) is 7.59. The molecule has 34 valence electrons. The molecule has 1 atom stereocenters. The molecular weight excluding hydrogens is 99.0 g/mol. The molecule has 6 heavy (non-hydrogen) atoms. The molecule has 0 aromatic carbocycles. The van der Waals surface area contributed by atoms with Crippen LogP contribution < -0.4 is 18.9 Å². The molecule has 0 saturated heterocycles. The summed E-state index contributed by atoms with van der Waals surface area (Å²) in [6, 6.07) is 0. The van der Waals surface area contributed by atoms with Gasteiger partial charge in [-0.25, -0.2) is 4.21 Å². The van der Waals surface area contributed by atoms with E-state index >= 15 is 0 Å². The van der Waals surface area contributed by atoms with Crippen molar-refractivity contribution in [2.45, 2.75) is 0 Å². The Kier molecular flexibility index (Phi) is 9.29. The summed E-state index contributed by atoms with van der Waals surface area (Å²) >= 11 is -2.02. The van der Waals surface area contributed by atoms with E-state index in [0.29, 0.717) is 0 Å². The van der Waals surface area contributed by atoms with E-state index in [4.69, 9.17) is 9.66 Å². The van der Waals surface area contributed by atoms with Crippen LogP contribution in [0.2, 0.25) is 0 Å². The first-order valence-corrected chi connectivity index (χ1v) is 2.23. The molecule has 0 rings (SSSR count). The summed E-state index contributed by atoms with van der Waals surface area (Å²) in [4.78, 5) is 0. The van der Waals surface area contributed by atoms with E-state index < -0.39 is 17.0 Å². The van der Waals surface area contributed by atoms with Gasteiger partial charge in [0.1, 0.15) is 5.94 Å². The second-order valence-corrected chi connectivity index (χ2v) is 1.35. The topological polar surface area (TPSA) is 57.5 Å². The quantitative estimate of drug-likeness (QED) is 0.265. The molecular formula is CH5LiO3S. The number of aliphatic hydroxyl groups is 1. The number of hydrogen-bond acceptors (Lipinski definition) is 2. The zero-order valence-corrected chi connectivity index (χ0v) is 4.23. The fourth-order valence-electron chi connectivity index (χ4n) is 0. The van der Waals surface area contributed by atoms with Crippen molar-refractivity contribution in [3.8, 4) is 0 Å². The zero-order valence-electron chi connectivity index (χ0n) is 4.42. The smallest absolute Gasteiger partial charge is 1.00 e. The van der Waals surface area contributed by atoms with Gasteiger partial charge in [0.15, 0.2) is 11.1 Å². The number of hydrogen-bond donors (Lipinski definition) is 2. The van der Waals surface area contributed by atoms with E-state index in [-0.39, 0.29) is 20.3 Å². The van der Waals surface area contributed by atoms with Crippen molar-refractivity contribution in [2.75, 3.05) is 5.94 Å². The Hall–Kier alpha value is 0.667. The third kappa shape index (κ3) is 8.82. The van der Waals surface area contributed by atoms with Crippen LogP contribution in [0.25, 0.3) is 0 Å². The summed E-state index contributed by atoms with van der Waals surface area (Å²) in [5.74, 6) is -0.667. The van der Waals surface area contributed by atoms with Crippen LogP contribution in [-0.2, 0) is 11.1 Å². The van der Waals surface area contributed by atoms with Crippen molar-refractivity contribution < 1.29 is 34.2 Å². The third-order valence-corrected chi connectivity index (χ3v) is 0.331. The third-order valence-electron chi connectivity index (χ3n) is 0.110. The molecule has 0 bridgehead atoms. The first-order chi connectivity index (χ1) is 2.27. The molecule has 0 amide bonds. The Morgan fingerprint density at radius 1 is 1.83 bits per heavy atom. The molecule has 0 heterocycles. The maximum absolute atomic E-state index is 9.23. The van der Waals surface area contributed by atoms with Crippen LogP contribution in [0.5, 0.6) is 0 Å². The molecule has 0 aliphatic heterocycles. The van der Waals surface area contributed by atoms with Gasteiger partial charge in [-0.2, -0.15) is 0 Å². The maximum atomic E-state index is 9.23. The normalized spacial score (nSPS) is 12.3. The number of aliphatic hydroxyl groups excluding tert-OH is 1. The SMILES string of the molecule is O=S(O)CO.[H-].[Li+]. The van der Waals surface area contributed by atoms with Gasteiger partial charge < -0.3 is 11.1 Å². The van der Waals surface area contributed by atoms with Crippen LogP contribution in [0.4, 0.5) is 0 Å². The first kappa shape index (κ1) is 9.83. The van der Waals surface area contributed by atoms with Gasteiger partial charge in [0.25, 0.3) is 0 Å². The van der Waals surface area contributed by atoms with Gasteiger partial charge in [-0.3, -0.25) is 0 Å². The van der Waals surface area contributed by atoms with Gasteiger partial charge in [-0.15, -0.1) is 0 Å². The fraction of sp³-hybridized carbons (Fsp3) is 1.00. The minimum Gasteiger partial charge on any atom is -1.00 e. The van der Waals surface area contributed by atoms with Crippen molar-refractivity contribution in [3.63, 3.8) is 0 Å². The van der Waals surface area contributed by atoms with Crippen LogP contribution >= 0.6 is 0 Å². The molecule has 0 aliphatic carbocycles. The van der Waals surface area contributed by atoms with Gasteiger partial charge in [0.2, 0.25) is 0 Å². The van der Waals surface area contributed by atoms with E-state index in [1.807, 2.05) is 0 Å². The second-order valence-electron chi connectivity index (χ2n) is 0.451. The Morgan fingerprint density at radius 3 is 2.00 bits per heavy atom. The van der Waals surface area contributed by atoms with Crippen LogP contribution in [-0.4, -0.2) is 19.8 Å². The van der Waals surface area contributed by atoms with Gasteiger partial charge >= 0.3 is 18.9 Å². The van der Waals surface area contributed by atoms with Crippen LogP contribution in [0, 0.1) is 0 Å². The molecule has 0 spiro atoms. The average molecular weight is 104 g/mol. The molecule has 0 fully saturated rings. The largest absolute Gasteiger partial charge is 1.00 e. The second kappa shape index (κ2) is 5.67. The Morgan fingerprint density at radius 2 is 2.00 bits per heavy atom. The summed E-state index contributed by atoms with van der Waals surface area (Å²) in [6.07, 6.45) is 0. The van der Waals surface area contributed by atoms with Crippen LogP contribution in [0.3, 0.4) is 0 Å². The molecule has 5 heteroatoms. The van der Waals surface area contributed by atoms with Crippen molar-refractivity contribution >= 4 is 11.1 Å². The molecule has 0 aromatic rings. The van der Waals surface area contributed by atoms with E-state index in [2.05, 4.69) is 0 Å². The number of rotatable bonds is 1. The van der Waals surface area contributed by atoms with Gasteiger partial charge in [0, 0.05) is 0 Å². The summed E-state index contributed by atoms with van der Waals surface area (Å²) in [5.41, 5.74) is 0. The molecule has 1 unspecified atom stereocenters. The minimum absolute atomic E-state index is 0. The van der Waals surface area contributed by atoms with E-state index in [0.717, 1.165) is 0 Å². The molecule has 0 aromatic heterocycles.